The second-order valence-corrected chi connectivity index (χ2v) is 5.08. The number of carbonyl (C=O) groups excluding carboxylic acids is 2. The van der Waals surface area contributed by atoms with Crippen molar-refractivity contribution < 1.29 is 14.3 Å². The molecule has 0 aliphatic carbocycles. The van der Waals surface area contributed by atoms with E-state index < -0.39 is 11.5 Å². The lowest BCUT2D eigenvalue weighted by Gasteiger charge is -2.34. The van der Waals surface area contributed by atoms with E-state index >= 15 is 0 Å². The number of fused-ring (bicyclic) bond motifs is 2. The Morgan fingerprint density at radius 2 is 2.21 bits per heavy atom. The number of ether oxygens (including phenoxy) is 1. The molecule has 2 aliphatic heterocycles. The molecule has 2 N–H and O–H groups in total. The van der Waals surface area contributed by atoms with Crippen LogP contribution in [0.5, 0.6) is 0 Å². The Morgan fingerprint density at radius 1 is 1.42 bits per heavy atom. The third-order valence-corrected chi connectivity index (χ3v) is 4.10. The summed E-state index contributed by atoms with van der Waals surface area (Å²) in [6, 6.07) is 7.48. The molecule has 5 nitrogen and oxygen atoms in total. The molecule has 0 saturated carbocycles. The summed E-state index contributed by atoms with van der Waals surface area (Å²) < 4.78 is 4.76. The molecule has 0 bridgehead atoms. The fourth-order valence-corrected chi connectivity index (χ4v) is 3.09. The molecule has 1 saturated heterocycles. The lowest BCUT2D eigenvalue weighted by Crippen LogP contribution is -2.50. The normalized spacial score (nSPS) is 28.9. The molecular weight excluding hydrogens is 244 g/mol. The van der Waals surface area contributed by atoms with E-state index in [1.807, 2.05) is 24.3 Å². The van der Waals surface area contributed by atoms with Crippen molar-refractivity contribution in [2.75, 3.05) is 13.7 Å². The highest BCUT2D eigenvalue weighted by atomic mass is 16.5. The average Bonchev–Trinajstić information content (AvgIpc) is 2.89. The number of hydrogen-bond acceptors (Lipinski definition) is 4. The van der Waals surface area contributed by atoms with Crippen molar-refractivity contribution >= 4 is 11.9 Å². The highest BCUT2D eigenvalue weighted by Gasteiger charge is 2.51. The number of rotatable bonds is 1. The molecular formula is C14H16N2O3. The van der Waals surface area contributed by atoms with Crippen molar-refractivity contribution in [2.24, 2.45) is 0 Å². The van der Waals surface area contributed by atoms with Crippen LogP contribution in [0, 0.1) is 0 Å². The highest BCUT2D eigenvalue weighted by molar-refractivity contribution is 5.92. The average molecular weight is 260 g/mol. The van der Waals surface area contributed by atoms with Gasteiger partial charge < -0.3 is 15.4 Å². The van der Waals surface area contributed by atoms with Crippen molar-refractivity contribution in [1.29, 1.82) is 0 Å². The Balaban J connectivity index is 2.00. The SMILES string of the molecule is COC(=O)C1CC2(CN1)C(=O)NCc1ccccc12. The zero-order valence-corrected chi connectivity index (χ0v) is 10.7. The molecule has 1 fully saturated rings. The minimum atomic E-state index is -0.645. The summed E-state index contributed by atoms with van der Waals surface area (Å²) in [7, 11) is 1.36. The Labute approximate surface area is 111 Å². The third-order valence-electron chi connectivity index (χ3n) is 4.10. The van der Waals surface area contributed by atoms with Crippen LogP contribution in [0.4, 0.5) is 0 Å². The van der Waals surface area contributed by atoms with Gasteiger partial charge in [0.15, 0.2) is 0 Å². The van der Waals surface area contributed by atoms with Gasteiger partial charge >= 0.3 is 5.97 Å². The number of amides is 1. The summed E-state index contributed by atoms with van der Waals surface area (Å²) in [5.74, 6) is -0.321. The Bertz CT molecular complexity index is 543. The first-order valence-electron chi connectivity index (χ1n) is 6.35. The first-order valence-corrected chi connectivity index (χ1v) is 6.35. The van der Waals surface area contributed by atoms with E-state index in [-0.39, 0.29) is 11.9 Å². The van der Waals surface area contributed by atoms with E-state index in [4.69, 9.17) is 4.74 Å². The predicted octanol–water partition coefficient (Wildman–Crippen LogP) is 0.0891. The smallest absolute Gasteiger partial charge is 0.322 e. The lowest BCUT2D eigenvalue weighted by molar-refractivity contribution is -0.142. The van der Waals surface area contributed by atoms with Crippen molar-refractivity contribution in [1.82, 2.24) is 10.6 Å². The van der Waals surface area contributed by atoms with Crippen molar-refractivity contribution in [3.63, 3.8) is 0 Å². The van der Waals surface area contributed by atoms with Crippen LogP contribution < -0.4 is 10.6 Å². The highest BCUT2D eigenvalue weighted by Crippen LogP contribution is 2.38. The second-order valence-electron chi connectivity index (χ2n) is 5.08. The molecule has 2 aliphatic rings. The summed E-state index contributed by atoms with van der Waals surface area (Å²) in [4.78, 5) is 24.0. The van der Waals surface area contributed by atoms with E-state index in [9.17, 15) is 9.59 Å². The van der Waals surface area contributed by atoms with Gasteiger partial charge in [0.1, 0.15) is 6.04 Å². The van der Waals surface area contributed by atoms with Crippen LogP contribution in [-0.4, -0.2) is 31.6 Å². The molecule has 100 valence electrons. The summed E-state index contributed by atoms with van der Waals surface area (Å²) in [5.41, 5.74) is 1.50. The van der Waals surface area contributed by atoms with Gasteiger partial charge in [0, 0.05) is 13.1 Å². The topological polar surface area (TPSA) is 67.4 Å². The number of methoxy groups -OCH3 is 1. The van der Waals surface area contributed by atoms with Gasteiger partial charge in [-0.25, -0.2) is 0 Å². The third kappa shape index (κ3) is 1.73. The van der Waals surface area contributed by atoms with Gasteiger partial charge in [-0.05, 0) is 17.5 Å². The van der Waals surface area contributed by atoms with Gasteiger partial charge in [-0.1, -0.05) is 24.3 Å². The number of hydrogen-bond donors (Lipinski definition) is 2. The molecule has 1 aromatic carbocycles. The molecule has 1 aromatic rings. The van der Waals surface area contributed by atoms with Crippen molar-refractivity contribution in [2.45, 2.75) is 24.4 Å². The summed E-state index contributed by atoms with van der Waals surface area (Å²) >= 11 is 0. The Kier molecular flexibility index (Phi) is 2.78. The van der Waals surface area contributed by atoms with Gasteiger partial charge in [-0.15, -0.1) is 0 Å². The molecule has 2 unspecified atom stereocenters. The maximum Gasteiger partial charge on any atom is 0.322 e. The molecule has 2 atom stereocenters. The van der Waals surface area contributed by atoms with Crippen LogP contribution in [-0.2, 0) is 26.3 Å². The van der Waals surface area contributed by atoms with Crippen molar-refractivity contribution in [3.05, 3.63) is 35.4 Å². The van der Waals surface area contributed by atoms with E-state index in [2.05, 4.69) is 10.6 Å². The van der Waals surface area contributed by atoms with Gasteiger partial charge in [0.25, 0.3) is 0 Å². The standard InChI is InChI=1S/C14H16N2O3/c1-19-12(17)11-6-14(8-16-11)10-5-3-2-4-9(10)7-15-13(14)18/h2-5,11,16H,6-8H2,1H3,(H,15,18). The zero-order valence-electron chi connectivity index (χ0n) is 10.7. The molecule has 1 amide bonds. The van der Waals surface area contributed by atoms with Crippen molar-refractivity contribution in [3.8, 4) is 0 Å². The summed E-state index contributed by atoms with van der Waals surface area (Å²) in [6.45, 7) is 1.02. The quantitative estimate of drug-likeness (QED) is 0.702. The molecule has 0 aromatic heterocycles. The maximum absolute atomic E-state index is 12.3. The van der Waals surface area contributed by atoms with Gasteiger partial charge in [0.05, 0.1) is 12.5 Å². The zero-order chi connectivity index (χ0) is 13.5. The van der Waals surface area contributed by atoms with E-state index in [1.54, 1.807) is 0 Å². The van der Waals surface area contributed by atoms with Crippen LogP contribution in [0.1, 0.15) is 17.5 Å². The fourth-order valence-electron chi connectivity index (χ4n) is 3.09. The maximum atomic E-state index is 12.3. The molecule has 2 heterocycles. The van der Waals surface area contributed by atoms with Crippen LogP contribution in [0.15, 0.2) is 24.3 Å². The van der Waals surface area contributed by atoms with Gasteiger partial charge in [-0.2, -0.15) is 0 Å². The monoisotopic (exact) mass is 260 g/mol. The van der Waals surface area contributed by atoms with Crippen LogP contribution in [0.2, 0.25) is 0 Å². The molecule has 0 radical (unpaired) electrons. The number of esters is 1. The minimum Gasteiger partial charge on any atom is -0.468 e. The largest absolute Gasteiger partial charge is 0.468 e. The van der Waals surface area contributed by atoms with Crippen LogP contribution in [0.3, 0.4) is 0 Å². The molecule has 19 heavy (non-hydrogen) atoms. The summed E-state index contributed by atoms with van der Waals surface area (Å²) in [5, 5.41) is 6.02. The summed E-state index contributed by atoms with van der Waals surface area (Å²) in [6.07, 6.45) is 0.447. The fraction of sp³-hybridized carbons (Fsp3) is 0.429. The first kappa shape index (κ1) is 12.2. The van der Waals surface area contributed by atoms with E-state index in [0.29, 0.717) is 19.5 Å². The second kappa shape index (κ2) is 4.35. The number of carbonyl (C=O) groups is 2. The predicted molar refractivity (Wildman–Crippen MR) is 68.4 cm³/mol. The Hall–Kier alpha value is -1.88. The molecule has 1 spiro atoms. The lowest BCUT2D eigenvalue weighted by atomic mass is 9.73. The number of nitrogens with one attached hydrogen (secondary N) is 2. The van der Waals surface area contributed by atoms with E-state index in [1.165, 1.54) is 7.11 Å². The minimum absolute atomic E-state index is 0.00916. The van der Waals surface area contributed by atoms with Crippen LogP contribution >= 0.6 is 0 Å². The van der Waals surface area contributed by atoms with Gasteiger partial charge in [0.2, 0.25) is 5.91 Å². The number of benzene rings is 1. The molecule has 5 heteroatoms. The van der Waals surface area contributed by atoms with Gasteiger partial charge in [-0.3, -0.25) is 9.59 Å². The van der Waals surface area contributed by atoms with Crippen LogP contribution in [0.25, 0.3) is 0 Å². The molecule has 3 rings (SSSR count). The first-order chi connectivity index (χ1) is 9.17. The van der Waals surface area contributed by atoms with E-state index in [0.717, 1.165) is 11.1 Å². The Morgan fingerprint density at radius 3 is 3.00 bits per heavy atom.